The molecule has 0 radical (unpaired) electrons. The minimum atomic E-state index is -5.28. The van der Waals surface area contributed by atoms with Crippen molar-refractivity contribution in [2.45, 2.75) is 24.4 Å². The molecule has 0 spiro atoms. The molecule has 0 saturated carbocycles. The van der Waals surface area contributed by atoms with Crippen molar-refractivity contribution in [3.05, 3.63) is 73.7 Å². The van der Waals surface area contributed by atoms with Gasteiger partial charge in [0.25, 0.3) is 5.91 Å². The molecule has 0 aliphatic carbocycles. The lowest BCUT2D eigenvalue weighted by Crippen LogP contribution is -2.41. The summed E-state index contributed by atoms with van der Waals surface area (Å²) in [6, 6.07) is 2.77. The summed E-state index contributed by atoms with van der Waals surface area (Å²) in [6.07, 6.45) is -15.1. The van der Waals surface area contributed by atoms with Crippen molar-refractivity contribution < 1.29 is 48.7 Å². The minimum Gasteiger partial charge on any atom is -0.359 e. The number of benzene rings is 2. The van der Waals surface area contributed by atoms with Gasteiger partial charge in [0.15, 0.2) is 0 Å². The minimum absolute atomic E-state index is 0.0000484. The van der Waals surface area contributed by atoms with E-state index in [-0.39, 0.29) is 27.2 Å². The van der Waals surface area contributed by atoms with Gasteiger partial charge in [-0.25, -0.2) is 4.39 Å². The lowest BCUT2D eigenvalue weighted by molar-refractivity contribution is -0.140. The van der Waals surface area contributed by atoms with Crippen LogP contribution < -0.4 is 5.32 Å². The fourth-order valence-corrected chi connectivity index (χ4v) is 4.00. The number of nitrogens with one attached hydrogen (secondary N) is 1. The van der Waals surface area contributed by atoms with Crippen molar-refractivity contribution in [1.82, 2.24) is 10.2 Å². The molecule has 1 atom stereocenters. The van der Waals surface area contributed by atoms with E-state index in [1.165, 1.54) is 0 Å². The lowest BCUT2D eigenvalue weighted by atomic mass is 9.95. The van der Waals surface area contributed by atoms with E-state index in [1.54, 1.807) is 0 Å². The van der Waals surface area contributed by atoms with Gasteiger partial charge in [0, 0.05) is 12.6 Å². The molecule has 0 aliphatic rings. The normalized spacial score (nSPS) is 13.7. The number of carbonyl (C=O) groups is 1. The van der Waals surface area contributed by atoms with E-state index < -0.39 is 76.5 Å². The van der Waals surface area contributed by atoms with E-state index in [4.69, 9.17) is 47.0 Å². The number of carbonyl (C=O) groups excluding carboxylic acids is 1. The van der Waals surface area contributed by atoms with Gasteiger partial charge in [-0.3, -0.25) is 4.79 Å². The van der Waals surface area contributed by atoms with Gasteiger partial charge in [-0.2, -0.15) is 39.5 Å². The van der Waals surface area contributed by atoms with Crippen molar-refractivity contribution in [3.8, 4) is 0 Å². The van der Waals surface area contributed by atoms with Gasteiger partial charge in [-0.1, -0.05) is 53.1 Å². The Balaban J connectivity index is 2.42. The molecule has 0 fully saturated rings. The first kappa shape index (κ1) is 33.9. The predicted octanol–water partition coefficient (Wildman–Crippen LogP) is 8.87. The number of allylic oxidation sites excluding steroid dienone is 1. The molecule has 1 amide bonds. The van der Waals surface area contributed by atoms with Crippen molar-refractivity contribution in [2.75, 3.05) is 20.1 Å². The number of rotatable bonds is 7. The zero-order chi connectivity index (χ0) is 30.8. The van der Waals surface area contributed by atoms with Crippen LogP contribution in [-0.4, -0.2) is 48.3 Å². The average Bonchev–Trinajstić information content (AvgIpc) is 2.80. The van der Waals surface area contributed by atoms with Gasteiger partial charge in [-0.05, 0) is 35.9 Å². The summed E-state index contributed by atoms with van der Waals surface area (Å²) in [6.45, 7) is -2.23. The smallest absolute Gasteiger partial charge is 0.359 e. The average molecular weight is 664 g/mol. The molecule has 1 unspecified atom stereocenters. The highest BCUT2D eigenvalue weighted by atomic mass is 35.5. The van der Waals surface area contributed by atoms with Crippen molar-refractivity contribution >= 4 is 63.7 Å². The van der Waals surface area contributed by atoms with Crippen LogP contribution in [0.25, 0.3) is 5.83 Å². The second kappa shape index (κ2) is 12.7. The summed E-state index contributed by atoms with van der Waals surface area (Å²) in [5.41, 5.74) is -4.40. The molecule has 0 heterocycles. The number of halogens is 13. The Morgan fingerprint density at radius 3 is 2.02 bits per heavy atom. The molecule has 0 bridgehead atoms. The molecule has 3 nitrogen and oxygen atoms in total. The molecule has 0 saturated heterocycles. The van der Waals surface area contributed by atoms with Crippen LogP contribution in [0.1, 0.15) is 33.0 Å². The summed E-state index contributed by atoms with van der Waals surface area (Å²) in [7, 11) is 0.952. The molecule has 0 aliphatic heterocycles. The first-order chi connectivity index (χ1) is 18.1. The van der Waals surface area contributed by atoms with Crippen LogP contribution in [-0.2, 0) is 6.18 Å². The first-order valence-corrected chi connectivity index (χ1v) is 12.0. The number of amides is 1. The van der Waals surface area contributed by atoms with E-state index in [0.29, 0.717) is 17.0 Å². The maximum atomic E-state index is 14.9. The van der Waals surface area contributed by atoms with E-state index in [9.17, 15) is 48.7 Å². The maximum absolute atomic E-state index is 14.9. The summed E-state index contributed by atoms with van der Waals surface area (Å²) >= 11 is 22.0. The topological polar surface area (TPSA) is 32.3 Å². The second-order valence-corrected chi connectivity index (χ2v) is 9.80. The molecule has 40 heavy (non-hydrogen) atoms. The highest BCUT2D eigenvalue weighted by Crippen LogP contribution is 2.42. The summed E-state index contributed by atoms with van der Waals surface area (Å²) < 4.78 is 135. The lowest BCUT2D eigenvalue weighted by Gasteiger charge is -2.22. The van der Waals surface area contributed by atoms with Gasteiger partial charge >= 0.3 is 18.5 Å². The summed E-state index contributed by atoms with van der Waals surface area (Å²) in [5, 5.41) is 0.897. The molecule has 2 rings (SSSR count). The zero-order valence-corrected chi connectivity index (χ0v) is 22.7. The van der Waals surface area contributed by atoms with Gasteiger partial charge < -0.3 is 10.2 Å². The summed E-state index contributed by atoms with van der Waals surface area (Å²) in [4.78, 5) is 12.5. The molecule has 17 heteroatoms. The second-order valence-electron chi connectivity index (χ2n) is 8.14. The van der Waals surface area contributed by atoms with Crippen LogP contribution in [0.2, 0.25) is 15.1 Å². The highest BCUT2D eigenvalue weighted by Gasteiger charge is 2.41. The van der Waals surface area contributed by atoms with Gasteiger partial charge in [-0.15, -0.1) is 0 Å². The number of thiocarbonyl (C=S) groups is 1. The largest absolute Gasteiger partial charge is 0.417 e. The number of alkyl halides is 9. The molecule has 220 valence electrons. The van der Waals surface area contributed by atoms with Gasteiger partial charge in [0.05, 0.1) is 37.7 Å². The zero-order valence-electron chi connectivity index (χ0n) is 19.6. The Morgan fingerprint density at radius 2 is 1.55 bits per heavy atom. The van der Waals surface area contributed by atoms with Crippen LogP contribution in [0, 0.1) is 0 Å². The molecule has 0 aromatic heterocycles. The Bertz CT molecular complexity index is 1290. The van der Waals surface area contributed by atoms with Crippen molar-refractivity contribution in [3.63, 3.8) is 0 Å². The SMILES string of the molecule is CN(CC(F)(F)F)C(=S)CNC(=O)c1ccc(/C(F)=C/C(c2cc(Cl)c(Cl)c(Cl)c2)C(F)(F)F)cc1C(F)(F)F. The summed E-state index contributed by atoms with van der Waals surface area (Å²) in [5.74, 6) is -5.85. The fraction of sp³-hybridized carbons (Fsp3) is 0.304. The molecule has 2 aromatic carbocycles. The van der Waals surface area contributed by atoms with Crippen LogP contribution in [0.5, 0.6) is 0 Å². The van der Waals surface area contributed by atoms with Crippen molar-refractivity contribution in [2.24, 2.45) is 0 Å². The van der Waals surface area contributed by atoms with Crippen LogP contribution in [0.3, 0.4) is 0 Å². The molecule has 2 aromatic rings. The Kier molecular flexibility index (Phi) is 10.8. The Hall–Kier alpha value is -2.29. The predicted molar refractivity (Wildman–Crippen MR) is 134 cm³/mol. The monoisotopic (exact) mass is 662 g/mol. The van der Waals surface area contributed by atoms with Crippen LogP contribution in [0.4, 0.5) is 43.9 Å². The number of nitrogens with zero attached hydrogens (tertiary/aromatic N) is 1. The van der Waals surface area contributed by atoms with Crippen molar-refractivity contribution in [1.29, 1.82) is 0 Å². The number of likely N-dealkylation sites (N-methyl/N-ethyl adjacent to an activating group) is 1. The van der Waals surface area contributed by atoms with E-state index in [1.807, 2.05) is 5.32 Å². The Morgan fingerprint density at radius 1 is 1.00 bits per heavy atom. The third-order valence-electron chi connectivity index (χ3n) is 5.12. The highest BCUT2D eigenvalue weighted by molar-refractivity contribution is 7.80. The van der Waals surface area contributed by atoms with Gasteiger partial charge in [0.1, 0.15) is 18.3 Å². The quantitative estimate of drug-likeness (QED) is 0.183. The standard InChI is InChI=1S/C23H15Cl3F10N2OS/c1-38(9-21(28,29)30)18(40)8-37-20(39)12-3-2-10(4-14(12)23(34,35)36)17(27)7-13(22(31,32)33)11-5-15(24)19(26)16(25)6-11/h2-7,13H,8-9H2,1H3,(H,37,39)/b17-7-. The van der Waals surface area contributed by atoms with Crippen LogP contribution >= 0.6 is 47.0 Å². The third kappa shape index (κ3) is 9.11. The van der Waals surface area contributed by atoms with Gasteiger partial charge in [0.2, 0.25) is 0 Å². The number of hydrogen-bond acceptors (Lipinski definition) is 2. The fourth-order valence-electron chi connectivity index (χ4n) is 3.25. The third-order valence-corrected chi connectivity index (χ3v) is 6.77. The molecule has 1 N–H and O–H groups in total. The Labute approximate surface area is 240 Å². The number of hydrogen-bond donors (Lipinski definition) is 1. The van der Waals surface area contributed by atoms with E-state index in [2.05, 4.69) is 0 Å². The van der Waals surface area contributed by atoms with E-state index >= 15 is 0 Å². The maximum Gasteiger partial charge on any atom is 0.417 e. The molecular formula is C23H15Cl3F10N2OS. The van der Waals surface area contributed by atoms with E-state index in [0.717, 1.165) is 19.2 Å². The van der Waals surface area contributed by atoms with Crippen LogP contribution in [0.15, 0.2) is 36.4 Å². The first-order valence-electron chi connectivity index (χ1n) is 10.5. The molecular weight excluding hydrogens is 649 g/mol.